The normalized spacial score (nSPS) is 15.2. The minimum absolute atomic E-state index is 0.341. The van der Waals surface area contributed by atoms with Crippen molar-refractivity contribution < 1.29 is 9.53 Å². The number of carbonyl (C=O) groups is 1. The highest BCUT2D eigenvalue weighted by Gasteiger charge is 2.13. The van der Waals surface area contributed by atoms with Crippen LogP contribution in [0.3, 0.4) is 0 Å². The molecule has 0 atom stereocenters. The first kappa shape index (κ1) is 17.4. The number of ether oxygens (including phenoxy) is 1. The summed E-state index contributed by atoms with van der Waals surface area (Å²) in [5.41, 5.74) is 3.07. The van der Waals surface area contributed by atoms with Crippen molar-refractivity contribution in [2.75, 3.05) is 0 Å². The molecule has 0 N–H and O–H groups in total. The van der Waals surface area contributed by atoms with Crippen LogP contribution < -0.4 is 0 Å². The van der Waals surface area contributed by atoms with E-state index in [2.05, 4.69) is 11.8 Å². The van der Waals surface area contributed by atoms with Gasteiger partial charge in [-0.15, -0.1) is 0 Å². The third-order valence-electron chi connectivity index (χ3n) is 3.85. The largest absolute Gasteiger partial charge is 0.417 e. The van der Waals surface area contributed by atoms with E-state index in [0.29, 0.717) is 10.8 Å². The van der Waals surface area contributed by atoms with Gasteiger partial charge in [-0.25, -0.2) is 0 Å². The molecule has 0 radical (unpaired) electrons. The molecule has 2 nitrogen and oxygen atoms in total. The van der Waals surface area contributed by atoms with E-state index in [-0.39, 0.29) is 5.97 Å². The Bertz CT molecular complexity index is 679. The average molecular weight is 329 g/mol. The van der Waals surface area contributed by atoms with E-state index in [1.807, 2.05) is 37.3 Å². The number of esters is 1. The fraction of sp³-hybridized carbons (Fsp3) is 0.350. The predicted octanol–water partition coefficient (Wildman–Crippen LogP) is 5.44. The van der Waals surface area contributed by atoms with E-state index in [4.69, 9.17) is 16.3 Å². The standard InChI is InChI=1S/C20H21ClO2/c1-15(17-9-5-3-6-10-17)19(21)13-14-20(23-16(2)22)18-11-7-4-8-12-18/h3,5-6,9-10H,4,7-8,11-12H2,1-2H3/b19-15+. The van der Waals surface area contributed by atoms with E-state index in [0.717, 1.165) is 42.4 Å². The zero-order valence-electron chi connectivity index (χ0n) is 13.6. The molecule has 0 aromatic heterocycles. The van der Waals surface area contributed by atoms with Crippen molar-refractivity contribution in [3.63, 3.8) is 0 Å². The predicted molar refractivity (Wildman–Crippen MR) is 94.5 cm³/mol. The number of rotatable bonds is 2. The molecule has 1 aliphatic carbocycles. The molecular formula is C20H21ClO2. The Morgan fingerprint density at radius 3 is 2.30 bits per heavy atom. The summed E-state index contributed by atoms with van der Waals surface area (Å²) in [7, 11) is 0. The molecule has 2 rings (SSSR count). The fourth-order valence-corrected chi connectivity index (χ4v) is 2.71. The van der Waals surface area contributed by atoms with E-state index >= 15 is 0 Å². The summed E-state index contributed by atoms with van der Waals surface area (Å²) in [5, 5.41) is 0.470. The topological polar surface area (TPSA) is 26.3 Å². The highest BCUT2D eigenvalue weighted by Crippen LogP contribution is 2.26. The average Bonchev–Trinajstić information content (AvgIpc) is 2.59. The Labute approximate surface area is 143 Å². The first-order chi connectivity index (χ1) is 11.1. The monoisotopic (exact) mass is 328 g/mol. The molecule has 3 heteroatoms. The number of hydrogen-bond acceptors (Lipinski definition) is 2. The minimum Gasteiger partial charge on any atom is -0.417 e. The summed E-state index contributed by atoms with van der Waals surface area (Å²) in [5.74, 6) is 6.05. The number of hydrogen-bond donors (Lipinski definition) is 0. The maximum Gasteiger partial charge on any atom is 0.308 e. The van der Waals surface area contributed by atoms with Gasteiger partial charge >= 0.3 is 5.97 Å². The number of benzene rings is 1. The van der Waals surface area contributed by atoms with Crippen LogP contribution in [0.5, 0.6) is 0 Å². The van der Waals surface area contributed by atoms with Crippen molar-refractivity contribution in [1.82, 2.24) is 0 Å². The van der Waals surface area contributed by atoms with Gasteiger partial charge in [0.1, 0.15) is 0 Å². The van der Waals surface area contributed by atoms with Gasteiger partial charge in [-0.1, -0.05) is 48.4 Å². The third kappa shape index (κ3) is 5.30. The summed E-state index contributed by atoms with van der Waals surface area (Å²) in [4.78, 5) is 11.3. The van der Waals surface area contributed by atoms with Crippen LogP contribution in [-0.4, -0.2) is 5.97 Å². The van der Waals surface area contributed by atoms with Crippen LogP contribution in [0.15, 0.2) is 46.7 Å². The smallest absolute Gasteiger partial charge is 0.308 e. The van der Waals surface area contributed by atoms with Crippen LogP contribution in [0.25, 0.3) is 5.57 Å². The van der Waals surface area contributed by atoms with Crippen molar-refractivity contribution in [2.24, 2.45) is 0 Å². The zero-order chi connectivity index (χ0) is 16.7. The van der Waals surface area contributed by atoms with Crippen LogP contribution >= 0.6 is 11.6 Å². The van der Waals surface area contributed by atoms with Crippen molar-refractivity contribution >= 4 is 23.1 Å². The van der Waals surface area contributed by atoms with Crippen molar-refractivity contribution in [3.8, 4) is 11.8 Å². The zero-order valence-corrected chi connectivity index (χ0v) is 14.4. The number of allylic oxidation sites excluding steroid dienone is 4. The second kappa shape index (κ2) is 8.60. The first-order valence-electron chi connectivity index (χ1n) is 7.92. The second-order valence-electron chi connectivity index (χ2n) is 5.64. The van der Waals surface area contributed by atoms with Crippen molar-refractivity contribution in [2.45, 2.75) is 46.0 Å². The van der Waals surface area contributed by atoms with Gasteiger partial charge in [-0.05, 0) is 61.2 Å². The first-order valence-corrected chi connectivity index (χ1v) is 8.30. The lowest BCUT2D eigenvalue weighted by Gasteiger charge is -2.15. The molecule has 23 heavy (non-hydrogen) atoms. The fourth-order valence-electron chi connectivity index (χ4n) is 2.56. The van der Waals surface area contributed by atoms with E-state index < -0.39 is 0 Å². The highest BCUT2D eigenvalue weighted by molar-refractivity contribution is 6.35. The maximum absolute atomic E-state index is 11.3. The summed E-state index contributed by atoms with van der Waals surface area (Å²) >= 11 is 6.33. The lowest BCUT2D eigenvalue weighted by Crippen LogP contribution is -2.04. The molecule has 1 saturated carbocycles. The molecule has 0 spiro atoms. The lowest BCUT2D eigenvalue weighted by atomic mass is 9.94. The molecule has 0 unspecified atom stereocenters. The molecule has 0 aliphatic heterocycles. The second-order valence-corrected chi connectivity index (χ2v) is 6.02. The molecule has 120 valence electrons. The van der Waals surface area contributed by atoms with Gasteiger partial charge in [0.15, 0.2) is 5.76 Å². The summed E-state index contributed by atoms with van der Waals surface area (Å²) in [6, 6.07) is 9.87. The highest BCUT2D eigenvalue weighted by atomic mass is 35.5. The number of halogens is 1. The van der Waals surface area contributed by atoms with Crippen molar-refractivity contribution in [3.05, 3.63) is 52.3 Å². The molecule has 1 aromatic carbocycles. The van der Waals surface area contributed by atoms with Crippen LogP contribution in [0.1, 0.15) is 51.5 Å². The summed E-state index contributed by atoms with van der Waals surface area (Å²) < 4.78 is 5.31. The Morgan fingerprint density at radius 1 is 1.04 bits per heavy atom. The molecule has 0 amide bonds. The van der Waals surface area contributed by atoms with Gasteiger partial charge in [-0.3, -0.25) is 4.79 Å². The number of carbonyl (C=O) groups excluding carboxylic acids is 1. The summed E-state index contributed by atoms with van der Waals surface area (Å²) in [6.07, 6.45) is 5.34. The lowest BCUT2D eigenvalue weighted by molar-refractivity contribution is -0.136. The van der Waals surface area contributed by atoms with Crippen LogP contribution in [0.2, 0.25) is 0 Å². The van der Waals surface area contributed by atoms with Crippen molar-refractivity contribution in [1.29, 1.82) is 0 Å². The van der Waals surface area contributed by atoms with E-state index in [1.54, 1.807) is 0 Å². The molecule has 0 saturated heterocycles. The van der Waals surface area contributed by atoms with Crippen LogP contribution in [-0.2, 0) is 9.53 Å². The molecule has 0 heterocycles. The van der Waals surface area contributed by atoms with Crippen LogP contribution in [0, 0.1) is 11.8 Å². The maximum atomic E-state index is 11.3. The quantitative estimate of drug-likeness (QED) is 0.410. The molecule has 1 aromatic rings. The van der Waals surface area contributed by atoms with Gasteiger partial charge in [0.25, 0.3) is 0 Å². The molecule has 1 fully saturated rings. The Balaban J connectivity index is 2.29. The Kier molecular flexibility index (Phi) is 6.50. The van der Waals surface area contributed by atoms with E-state index in [1.165, 1.54) is 13.3 Å². The Hall–Kier alpha value is -1.98. The summed E-state index contributed by atoms with van der Waals surface area (Å²) in [6.45, 7) is 3.34. The Morgan fingerprint density at radius 2 is 1.70 bits per heavy atom. The SMILES string of the molecule is CC(=O)OC(C#C/C(Cl)=C(/C)c1ccccc1)=C1CCCCC1. The minimum atomic E-state index is -0.341. The molecular weight excluding hydrogens is 308 g/mol. The third-order valence-corrected chi connectivity index (χ3v) is 4.22. The van der Waals surface area contributed by atoms with Gasteiger partial charge < -0.3 is 4.74 Å². The van der Waals surface area contributed by atoms with E-state index in [9.17, 15) is 4.79 Å². The van der Waals surface area contributed by atoms with Gasteiger partial charge in [0.2, 0.25) is 0 Å². The van der Waals surface area contributed by atoms with Gasteiger partial charge in [0.05, 0.1) is 5.03 Å². The molecule has 1 aliphatic rings. The van der Waals surface area contributed by atoms with Gasteiger partial charge in [0, 0.05) is 6.92 Å². The van der Waals surface area contributed by atoms with Gasteiger partial charge in [-0.2, -0.15) is 0 Å². The molecule has 0 bridgehead atoms. The van der Waals surface area contributed by atoms with Crippen LogP contribution in [0.4, 0.5) is 0 Å².